The minimum Gasteiger partial charge on any atom is -0.314 e. The van der Waals surface area contributed by atoms with Crippen LogP contribution in [-0.4, -0.2) is 32.0 Å². The molecule has 1 rings (SSSR count). The highest BCUT2D eigenvalue weighted by Crippen LogP contribution is 2.28. The third kappa shape index (κ3) is 6.09. The molecule has 3 nitrogen and oxygen atoms in total. The topological polar surface area (TPSA) is 46.2 Å². The Labute approximate surface area is 137 Å². The van der Waals surface area contributed by atoms with Crippen LogP contribution in [-0.2, 0) is 9.84 Å². The fraction of sp³-hybridized carbons (Fsp3) is 0.625. The maximum atomic E-state index is 12.1. The summed E-state index contributed by atoms with van der Waals surface area (Å²) in [5.41, 5.74) is 1.17. The molecule has 5 heteroatoms. The summed E-state index contributed by atoms with van der Waals surface area (Å²) in [5, 5.41) is 3.11. The van der Waals surface area contributed by atoms with Crippen LogP contribution in [0.4, 0.5) is 0 Å². The Morgan fingerprint density at radius 3 is 2.29 bits per heavy atom. The highest BCUT2D eigenvalue weighted by atomic mass is 79.9. The molecular formula is C16H26BrNO2S. The normalized spacial score (nSPS) is 13.9. The van der Waals surface area contributed by atoms with Gasteiger partial charge < -0.3 is 5.32 Å². The zero-order valence-corrected chi connectivity index (χ0v) is 15.7. The van der Waals surface area contributed by atoms with Crippen LogP contribution in [0.2, 0.25) is 0 Å². The Morgan fingerprint density at radius 2 is 1.76 bits per heavy atom. The van der Waals surface area contributed by atoms with Gasteiger partial charge in [0.2, 0.25) is 0 Å². The molecule has 0 radical (unpaired) electrons. The van der Waals surface area contributed by atoms with Crippen molar-refractivity contribution < 1.29 is 8.42 Å². The van der Waals surface area contributed by atoms with Gasteiger partial charge in [-0.15, -0.1) is 0 Å². The Hall–Kier alpha value is -0.390. The average Bonchev–Trinajstić information content (AvgIpc) is 2.39. The van der Waals surface area contributed by atoms with E-state index in [2.05, 4.69) is 41.2 Å². The lowest BCUT2D eigenvalue weighted by atomic mass is 9.96. The second-order valence-corrected chi connectivity index (χ2v) is 9.52. The first-order valence-electron chi connectivity index (χ1n) is 7.43. The summed E-state index contributed by atoms with van der Waals surface area (Å²) in [5.74, 6) is 0.424. The second-order valence-electron chi connectivity index (χ2n) is 5.99. The van der Waals surface area contributed by atoms with Gasteiger partial charge in [-0.1, -0.05) is 48.0 Å². The summed E-state index contributed by atoms with van der Waals surface area (Å²) in [4.78, 5) is 0. The van der Waals surface area contributed by atoms with Crippen LogP contribution in [0.3, 0.4) is 0 Å². The monoisotopic (exact) mass is 375 g/mol. The zero-order valence-electron chi connectivity index (χ0n) is 13.3. The number of halogens is 1. The molecule has 0 bridgehead atoms. The van der Waals surface area contributed by atoms with Crippen LogP contribution in [0.1, 0.15) is 45.6 Å². The summed E-state index contributed by atoms with van der Waals surface area (Å²) < 4.78 is 25.2. The number of benzene rings is 1. The van der Waals surface area contributed by atoms with E-state index in [0.717, 1.165) is 11.0 Å². The molecule has 1 aromatic carbocycles. The molecule has 1 atom stereocenters. The minimum atomic E-state index is -3.00. The van der Waals surface area contributed by atoms with Crippen molar-refractivity contribution in [3.63, 3.8) is 0 Å². The van der Waals surface area contributed by atoms with Crippen LogP contribution < -0.4 is 5.32 Å². The van der Waals surface area contributed by atoms with Crippen LogP contribution in [0.5, 0.6) is 0 Å². The molecule has 0 saturated heterocycles. The standard InChI is InChI=1S/C16H26BrNO2S/c1-12(2)18-11-14(9-10-21(19,20)13(3)4)15-7-5-6-8-16(15)17/h5-8,12-14,18H,9-11H2,1-4H3. The fourth-order valence-electron chi connectivity index (χ4n) is 2.09. The van der Waals surface area contributed by atoms with E-state index in [1.165, 1.54) is 5.56 Å². The highest BCUT2D eigenvalue weighted by molar-refractivity contribution is 9.10. The van der Waals surface area contributed by atoms with E-state index in [9.17, 15) is 8.42 Å². The lowest BCUT2D eigenvalue weighted by molar-refractivity contribution is 0.515. The number of rotatable bonds is 8. The SMILES string of the molecule is CC(C)NCC(CCS(=O)(=O)C(C)C)c1ccccc1Br. The molecule has 0 aliphatic rings. The Balaban J connectivity index is 2.86. The molecule has 1 unspecified atom stereocenters. The zero-order chi connectivity index (χ0) is 16.0. The van der Waals surface area contributed by atoms with E-state index in [4.69, 9.17) is 0 Å². The van der Waals surface area contributed by atoms with Crippen molar-refractivity contribution in [2.75, 3.05) is 12.3 Å². The molecule has 0 aromatic heterocycles. The summed E-state index contributed by atoms with van der Waals surface area (Å²) in [6, 6.07) is 8.44. The summed E-state index contributed by atoms with van der Waals surface area (Å²) in [6.45, 7) is 8.47. The van der Waals surface area contributed by atoms with Gasteiger partial charge in [0.1, 0.15) is 0 Å². The van der Waals surface area contributed by atoms with Crippen LogP contribution in [0, 0.1) is 0 Å². The summed E-state index contributed by atoms with van der Waals surface area (Å²) in [6.07, 6.45) is 0.642. The molecule has 0 amide bonds. The van der Waals surface area contributed by atoms with Crippen molar-refractivity contribution in [2.45, 2.75) is 51.3 Å². The first-order chi connectivity index (χ1) is 9.74. The molecule has 0 aliphatic heterocycles. The maximum Gasteiger partial charge on any atom is 0.152 e. The van der Waals surface area contributed by atoms with Gasteiger partial charge in [-0.05, 0) is 37.8 Å². The molecule has 0 fully saturated rings. The van der Waals surface area contributed by atoms with Gasteiger partial charge in [-0.2, -0.15) is 0 Å². The smallest absolute Gasteiger partial charge is 0.152 e. The maximum absolute atomic E-state index is 12.1. The fourth-order valence-corrected chi connectivity index (χ4v) is 3.79. The molecule has 0 aliphatic carbocycles. The van der Waals surface area contributed by atoms with Crippen molar-refractivity contribution in [3.8, 4) is 0 Å². The molecule has 1 aromatic rings. The van der Waals surface area contributed by atoms with Gasteiger partial charge in [-0.3, -0.25) is 0 Å². The number of hydrogen-bond acceptors (Lipinski definition) is 3. The third-order valence-corrected chi connectivity index (χ3v) is 6.55. The van der Waals surface area contributed by atoms with E-state index in [-0.39, 0.29) is 16.9 Å². The average molecular weight is 376 g/mol. The quantitative estimate of drug-likeness (QED) is 0.752. The van der Waals surface area contributed by atoms with Crippen molar-refractivity contribution in [3.05, 3.63) is 34.3 Å². The lowest BCUT2D eigenvalue weighted by Gasteiger charge is -2.21. The molecule has 120 valence electrons. The van der Waals surface area contributed by atoms with Crippen molar-refractivity contribution in [1.29, 1.82) is 0 Å². The lowest BCUT2D eigenvalue weighted by Crippen LogP contribution is -2.29. The molecule has 0 saturated carbocycles. The number of nitrogens with one attached hydrogen (secondary N) is 1. The minimum absolute atomic E-state index is 0.191. The molecule has 1 N–H and O–H groups in total. The van der Waals surface area contributed by atoms with E-state index in [1.54, 1.807) is 13.8 Å². The van der Waals surface area contributed by atoms with Gasteiger partial charge in [0, 0.05) is 17.1 Å². The molecule has 21 heavy (non-hydrogen) atoms. The van der Waals surface area contributed by atoms with Crippen LogP contribution in [0.15, 0.2) is 28.7 Å². The van der Waals surface area contributed by atoms with E-state index >= 15 is 0 Å². The van der Waals surface area contributed by atoms with E-state index in [0.29, 0.717) is 12.5 Å². The van der Waals surface area contributed by atoms with Crippen molar-refractivity contribution in [1.82, 2.24) is 5.32 Å². The van der Waals surface area contributed by atoms with E-state index in [1.807, 2.05) is 18.2 Å². The molecule has 0 heterocycles. The van der Waals surface area contributed by atoms with Crippen molar-refractivity contribution >= 4 is 25.8 Å². The van der Waals surface area contributed by atoms with Gasteiger partial charge in [0.25, 0.3) is 0 Å². The van der Waals surface area contributed by atoms with Gasteiger partial charge in [0.15, 0.2) is 9.84 Å². The summed E-state index contributed by atoms with van der Waals surface area (Å²) >= 11 is 3.58. The van der Waals surface area contributed by atoms with Crippen LogP contribution in [0.25, 0.3) is 0 Å². The van der Waals surface area contributed by atoms with E-state index < -0.39 is 9.84 Å². The van der Waals surface area contributed by atoms with Gasteiger partial charge >= 0.3 is 0 Å². The number of hydrogen-bond donors (Lipinski definition) is 1. The number of sulfone groups is 1. The van der Waals surface area contributed by atoms with Gasteiger partial charge in [0.05, 0.1) is 11.0 Å². The van der Waals surface area contributed by atoms with Crippen molar-refractivity contribution in [2.24, 2.45) is 0 Å². The third-order valence-electron chi connectivity index (χ3n) is 3.59. The predicted molar refractivity (Wildman–Crippen MR) is 93.6 cm³/mol. The Morgan fingerprint density at radius 1 is 1.14 bits per heavy atom. The largest absolute Gasteiger partial charge is 0.314 e. The first kappa shape index (κ1) is 18.7. The summed E-state index contributed by atoms with van der Waals surface area (Å²) in [7, 11) is -3.00. The first-order valence-corrected chi connectivity index (χ1v) is 9.94. The molecule has 0 spiro atoms. The Kier molecular flexibility index (Phi) is 7.37. The Bertz CT molecular complexity index is 541. The van der Waals surface area contributed by atoms with Gasteiger partial charge in [-0.25, -0.2) is 8.42 Å². The van der Waals surface area contributed by atoms with Crippen LogP contribution >= 0.6 is 15.9 Å². The predicted octanol–water partition coefficient (Wildman–Crippen LogP) is 3.74. The highest BCUT2D eigenvalue weighted by Gasteiger charge is 2.21. The molecular weight excluding hydrogens is 350 g/mol. The second kappa shape index (κ2) is 8.30.